The molecule has 0 amide bonds. The van der Waals surface area contributed by atoms with Gasteiger partial charge in [0, 0.05) is 38.8 Å². The second-order valence-electron chi connectivity index (χ2n) is 8.78. The molecule has 0 aromatic heterocycles. The van der Waals surface area contributed by atoms with E-state index in [1.54, 1.807) is 0 Å². The number of benzene rings is 3. The van der Waals surface area contributed by atoms with Gasteiger partial charge in [0.15, 0.2) is 0 Å². The molecule has 3 aromatic rings. The van der Waals surface area contributed by atoms with Crippen LogP contribution in [0, 0.1) is 9.49 Å². The molecular weight excluding hydrogens is 634 g/mol. The van der Waals surface area contributed by atoms with Gasteiger partial charge in [-0.2, -0.15) is 0 Å². The highest BCUT2D eigenvalue weighted by atomic mass is 127. The first-order chi connectivity index (χ1) is 15.4. The minimum absolute atomic E-state index is 0. The van der Waals surface area contributed by atoms with E-state index in [4.69, 9.17) is 17.2 Å². The number of rotatable bonds is 7. The Balaban J connectivity index is 0.00000306. The molecule has 4 rings (SSSR count). The van der Waals surface area contributed by atoms with Crippen molar-refractivity contribution in [2.24, 2.45) is 11.7 Å². The molecule has 6 N–H and O–H groups in total. The highest BCUT2D eigenvalue weighted by Crippen LogP contribution is 2.50. The van der Waals surface area contributed by atoms with Crippen LogP contribution in [0.5, 0.6) is 0 Å². The lowest BCUT2D eigenvalue weighted by Gasteiger charge is -2.42. The Bertz CT molecular complexity index is 1080. The third-order valence-corrected chi connectivity index (χ3v) is 7.68. The van der Waals surface area contributed by atoms with E-state index in [0.717, 1.165) is 40.8 Å². The Labute approximate surface area is 228 Å². The highest BCUT2D eigenvalue weighted by molar-refractivity contribution is 14.1. The maximum absolute atomic E-state index is 6.67. The monoisotopic (exact) mass is 668 g/mol. The molecule has 0 saturated carbocycles. The van der Waals surface area contributed by atoms with Gasteiger partial charge in [0.05, 0.1) is 6.04 Å². The third-order valence-electron chi connectivity index (χ3n) is 6.83. The van der Waals surface area contributed by atoms with Crippen LogP contribution in [0.4, 0.5) is 17.1 Å². The molecule has 0 aliphatic carbocycles. The SMILES string of the molecule is CCC(CC)C(N)CCN1c2cc(N)cc(I)c2-c2ccc(N)cc2C1c1ccccc1.I. The van der Waals surface area contributed by atoms with Crippen LogP contribution in [0.25, 0.3) is 11.1 Å². The summed E-state index contributed by atoms with van der Waals surface area (Å²) in [5.74, 6) is 0.540. The van der Waals surface area contributed by atoms with Crippen molar-refractivity contribution in [1.29, 1.82) is 0 Å². The average Bonchev–Trinajstić information content (AvgIpc) is 2.78. The lowest BCUT2D eigenvalue weighted by Crippen LogP contribution is -2.39. The van der Waals surface area contributed by atoms with E-state index in [0.29, 0.717) is 5.92 Å². The zero-order valence-corrected chi connectivity index (χ0v) is 23.8. The number of nitrogen functional groups attached to an aromatic ring is 2. The molecule has 176 valence electrons. The topological polar surface area (TPSA) is 81.3 Å². The molecule has 0 bridgehead atoms. The Morgan fingerprint density at radius 1 is 0.939 bits per heavy atom. The molecule has 0 radical (unpaired) electrons. The molecule has 33 heavy (non-hydrogen) atoms. The first-order valence-electron chi connectivity index (χ1n) is 11.5. The highest BCUT2D eigenvalue weighted by Gasteiger charge is 2.34. The number of nitrogens with zero attached hydrogens (tertiary/aromatic N) is 1. The molecule has 6 heteroatoms. The van der Waals surface area contributed by atoms with E-state index in [1.165, 1.54) is 27.9 Å². The van der Waals surface area contributed by atoms with E-state index in [9.17, 15) is 0 Å². The molecule has 4 nitrogen and oxygen atoms in total. The zero-order valence-electron chi connectivity index (χ0n) is 19.3. The third kappa shape index (κ3) is 5.27. The quantitative estimate of drug-likeness (QED) is 0.191. The van der Waals surface area contributed by atoms with Gasteiger partial charge < -0.3 is 22.1 Å². The molecule has 2 unspecified atom stereocenters. The van der Waals surface area contributed by atoms with Gasteiger partial charge in [-0.3, -0.25) is 0 Å². The molecular formula is C27H34I2N4. The standard InChI is InChI=1S/C27H33IN4.HI/c1-3-17(4-2)24(31)12-13-32-25-16-20(30)15-23(28)26(25)21-11-10-19(29)14-22(21)27(32)18-8-6-5-7-9-18;/h5-11,14-17,24,27H,3-4,12-13,29-31H2,1-2H3;1H. The fraction of sp³-hybridized carbons (Fsp3) is 0.333. The predicted octanol–water partition coefficient (Wildman–Crippen LogP) is 6.80. The van der Waals surface area contributed by atoms with Gasteiger partial charge in [-0.05, 0) is 75.9 Å². The van der Waals surface area contributed by atoms with Crippen molar-refractivity contribution in [3.8, 4) is 11.1 Å². The second-order valence-corrected chi connectivity index (χ2v) is 9.94. The van der Waals surface area contributed by atoms with Gasteiger partial charge >= 0.3 is 0 Å². The maximum Gasteiger partial charge on any atom is 0.0802 e. The van der Waals surface area contributed by atoms with Crippen LogP contribution in [0.2, 0.25) is 0 Å². The average molecular weight is 668 g/mol. The van der Waals surface area contributed by atoms with Crippen molar-refractivity contribution in [2.75, 3.05) is 22.9 Å². The Morgan fingerprint density at radius 3 is 2.30 bits per heavy atom. The van der Waals surface area contributed by atoms with E-state index in [-0.39, 0.29) is 36.1 Å². The fourth-order valence-corrected chi connectivity index (χ4v) is 6.04. The van der Waals surface area contributed by atoms with Crippen LogP contribution in [-0.4, -0.2) is 12.6 Å². The van der Waals surface area contributed by atoms with Crippen molar-refractivity contribution in [2.45, 2.75) is 45.2 Å². The van der Waals surface area contributed by atoms with Crippen molar-refractivity contribution >= 4 is 63.6 Å². The fourth-order valence-electron chi connectivity index (χ4n) is 5.11. The van der Waals surface area contributed by atoms with Crippen LogP contribution < -0.4 is 22.1 Å². The lowest BCUT2D eigenvalue weighted by atomic mass is 9.83. The van der Waals surface area contributed by atoms with Crippen LogP contribution in [-0.2, 0) is 0 Å². The van der Waals surface area contributed by atoms with Crippen molar-refractivity contribution in [3.63, 3.8) is 0 Å². The molecule has 3 aromatic carbocycles. The first-order valence-corrected chi connectivity index (χ1v) is 12.6. The Morgan fingerprint density at radius 2 is 1.64 bits per heavy atom. The molecule has 1 heterocycles. The molecule has 1 aliphatic heterocycles. The summed E-state index contributed by atoms with van der Waals surface area (Å²) < 4.78 is 1.16. The van der Waals surface area contributed by atoms with Gasteiger partial charge in [0.2, 0.25) is 0 Å². The summed E-state index contributed by atoms with van der Waals surface area (Å²) in [4.78, 5) is 2.49. The minimum Gasteiger partial charge on any atom is -0.399 e. The smallest absolute Gasteiger partial charge is 0.0802 e. The molecule has 2 atom stereocenters. The van der Waals surface area contributed by atoms with Crippen LogP contribution in [0.15, 0.2) is 60.7 Å². The van der Waals surface area contributed by atoms with Gasteiger partial charge in [-0.25, -0.2) is 0 Å². The number of halogens is 2. The molecule has 0 saturated heterocycles. The summed E-state index contributed by atoms with van der Waals surface area (Å²) in [6.07, 6.45) is 3.15. The number of hydrogen-bond donors (Lipinski definition) is 3. The summed E-state index contributed by atoms with van der Waals surface area (Å²) in [6.45, 7) is 5.33. The van der Waals surface area contributed by atoms with E-state index >= 15 is 0 Å². The predicted molar refractivity (Wildman–Crippen MR) is 161 cm³/mol. The van der Waals surface area contributed by atoms with Crippen molar-refractivity contribution < 1.29 is 0 Å². The first kappa shape index (κ1) is 26.1. The van der Waals surface area contributed by atoms with Crippen molar-refractivity contribution in [1.82, 2.24) is 0 Å². The number of nitrogens with two attached hydrogens (primary N) is 3. The second kappa shape index (κ2) is 11.3. The van der Waals surface area contributed by atoms with Gasteiger partial charge in [-0.1, -0.05) is 63.1 Å². The molecule has 0 fully saturated rings. The number of anilines is 3. The summed E-state index contributed by atoms with van der Waals surface area (Å²) in [7, 11) is 0. The van der Waals surface area contributed by atoms with Gasteiger partial charge in [0.25, 0.3) is 0 Å². The minimum atomic E-state index is 0. The Hall–Kier alpha value is -1.52. The summed E-state index contributed by atoms with van der Waals surface area (Å²) in [6, 6.07) is 21.4. The van der Waals surface area contributed by atoms with E-state index in [2.05, 4.69) is 95.9 Å². The summed E-state index contributed by atoms with van der Waals surface area (Å²) in [5.41, 5.74) is 27.0. The van der Waals surface area contributed by atoms with Crippen LogP contribution >= 0.6 is 46.6 Å². The zero-order chi connectivity index (χ0) is 22.8. The van der Waals surface area contributed by atoms with Crippen LogP contribution in [0.3, 0.4) is 0 Å². The molecule has 1 aliphatic rings. The van der Waals surface area contributed by atoms with Crippen molar-refractivity contribution in [3.05, 3.63) is 75.4 Å². The Kier molecular flexibility index (Phi) is 8.91. The van der Waals surface area contributed by atoms with Gasteiger partial charge in [-0.15, -0.1) is 24.0 Å². The number of hydrogen-bond acceptors (Lipinski definition) is 4. The normalized spacial score (nSPS) is 15.5. The van der Waals surface area contributed by atoms with Gasteiger partial charge in [0.1, 0.15) is 0 Å². The number of fused-ring (bicyclic) bond motifs is 3. The molecule has 0 spiro atoms. The lowest BCUT2D eigenvalue weighted by molar-refractivity contribution is 0.376. The maximum atomic E-state index is 6.67. The summed E-state index contributed by atoms with van der Waals surface area (Å²) in [5, 5.41) is 0. The van der Waals surface area contributed by atoms with E-state index in [1.807, 2.05) is 6.07 Å². The van der Waals surface area contributed by atoms with E-state index < -0.39 is 0 Å². The summed E-state index contributed by atoms with van der Waals surface area (Å²) >= 11 is 2.41. The largest absolute Gasteiger partial charge is 0.399 e. The van der Waals surface area contributed by atoms with Crippen LogP contribution in [0.1, 0.15) is 50.3 Å².